The highest BCUT2D eigenvalue weighted by atomic mass is 16.3. The largest absolute Gasteiger partial charge is 0.392 e. The van der Waals surface area contributed by atoms with Crippen LogP contribution in [0, 0.1) is 11.3 Å². The van der Waals surface area contributed by atoms with E-state index in [0.29, 0.717) is 12.5 Å². The lowest BCUT2D eigenvalue weighted by Crippen LogP contribution is -2.45. The van der Waals surface area contributed by atoms with Crippen molar-refractivity contribution < 1.29 is 5.11 Å². The van der Waals surface area contributed by atoms with Crippen molar-refractivity contribution in [3.63, 3.8) is 0 Å². The van der Waals surface area contributed by atoms with Gasteiger partial charge in [0.05, 0.1) is 12.6 Å². The number of aliphatic imine (C=N–C) groups is 1. The van der Waals surface area contributed by atoms with E-state index in [2.05, 4.69) is 36.4 Å². The Bertz CT molecular complexity index is 387. The maximum absolute atomic E-state index is 10.3. The standard InChI is InChI=1S/C18H36N4O/c1-4-19-17(20-12-15-8-7-11-22(3)13-15)21-14-18(2)10-6-5-9-16(18)23/h15-16,23H,4-14H2,1-3H3,(H2,19,20,21). The molecule has 2 rings (SSSR count). The number of nitrogens with one attached hydrogen (secondary N) is 2. The Balaban J connectivity index is 1.86. The Morgan fingerprint density at radius 1 is 1.26 bits per heavy atom. The molecule has 2 fully saturated rings. The predicted molar refractivity (Wildman–Crippen MR) is 96.8 cm³/mol. The monoisotopic (exact) mass is 324 g/mol. The molecule has 0 spiro atoms. The van der Waals surface area contributed by atoms with E-state index in [1.807, 2.05) is 0 Å². The van der Waals surface area contributed by atoms with Crippen molar-refractivity contribution in [3.8, 4) is 0 Å². The van der Waals surface area contributed by atoms with Gasteiger partial charge in [-0.05, 0) is 52.1 Å². The minimum absolute atomic E-state index is 0.0638. The first-order chi connectivity index (χ1) is 11.0. The fourth-order valence-electron chi connectivity index (χ4n) is 3.85. The summed E-state index contributed by atoms with van der Waals surface area (Å²) in [5, 5.41) is 17.2. The summed E-state index contributed by atoms with van der Waals surface area (Å²) in [7, 11) is 2.21. The predicted octanol–water partition coefficient (Wildman–Crippen LogP) is 1.82. The van der Waals surface area contributed by atoms with Crippen molar-refractivity contribution in [3.05, 3.63) is 0 Å². The molecule has 2 aliphatic rings. The summed E-state index contributed by atoms with van der Waals surface area (Å²) in [6, 6.07) is 0. The Morgan fingerprint density at radius 2 is 2.09 bits per heavy atom. The van der Waals surface area contributed by atoms with Gasteiger partial charge in [-0.25, -0.2) is 0 Å². The van der Waals surface area contributed by atoms with E-state index in [1.165, 1.54) is 32.4 Å². The molecule has 3 unspecified atom stereocenters. The van der Waals surface area contributed by atoms with Gasteiger partial charge in [-0.15, -0.1) is 0 Å². The number of aliphatic hydroxyl groups excluding tert-OH is 1. The fraction of sp³-hybridized carbons (Fsp3) is 0.944. The van der Waals surface area contributed by atoms with E-state index in [4.69, 9.17) is 4.99 Å². The minimum atomic E-state index is -0.213. The van der Waals surface area contributed by atoms with Gasteiger partial charge in [0.25, 0.3) is 0 Å². The lowest BCUT2D eigenvalue weighted by molar-refractivity contribution is 0.00716. The van der Waals surface area contributed by atoms with Gasteiger partial charge < -0.3 is 20.6 Å². The smallest absolute Gasteiger partial charge is 0.191 e. The molecule has 1 aliphatic carbocycles. The molecule has 1 saturated heterocycles. The molecule has 1 saturated carbocycles. The summed E-state index contributed by atoms with van der Waals surface area (Å²) in [4.78, 5) is 7.20. The summed E-state index contributed by atoms with van der Waals surface area (Å²) < 4.78 is 0. The molecule has 134 valence electrons. The van der Waals surface area contributed by atoms with Gasteiger partial charge in [-0.2, -0.15) is 0 Å². The Morgan fingerprint density at radius 3 is 2.78 bits per heavy atom. The molecule has 23 heavy (non-hydrogen) atoms. The first-order valence-corrected chi connectivity index (χ1v) is 9.42. The molecule has 3 atom stereocenters. The zero-order chi connectivity index (χ0) is 16.7. The van der Waals surface area contributed by atoms with Crippen molar-refractivity contribution in [2.75, 3.05) is 39.8 Å². The average molecular weight is 325 g/mol. The van der Waals surface area contributed by atoms with Crippen LogP contribution in [0.1, 0.15) is 52.4 Å². The van der Waals surface area contributed by atoms with E-state index < -0.39 is 0 Å². The van der Waals surface area contributed by atoms with Gasteiger partial charge in [0.1, 0.15) is 0 Å². The molecule has 0 aromatic heterocycles. The Labute approximate surface area is 141 Å². The number of rotatable bonds is 5. The van der Waals surface area contributed by atoms with Crippen LogP contribution in [-0.4, -0.2) is 61.8 Å². The highest BCUT2D eigenvalue weighted by Gasteiger charge is 2.35. The van der Waals surface area contributed by atoms with Crippen molar-refractivity contribution in [2.45, 2.75) is 58.5 Å². The second-order valence-corrected chi connectivity index (χ2v) is 7.76. The van der Waals surface area contributed by atoms with Crippen LogP contribution in [0.2, 0.25) is 0 Å². The number of aliphatic hydroxyl groups is 1. The highest BCUT2D eigenvalue weighted by Crippen LogP contribution is 2.36. The summed E-state index contributed by atoms with van der Waals surface area (Å²) in [5.41, 5.74) is -0.0638. The zero-order valence-electron chi connectivity index (χ0n) is 15.3. The van der Waals surface area contributed by atoms with Crippen molar-refractivity contribution in [2.24, 2.45) is 16.3 Å². The molecule has 1 heterocycles. The van der Waals surface area contributed by atoms with Crippen molar-refractivity contribution in [1.82, 2.24) is 15.5 Å². The van der Waals surface area contributed by atoms with E-state index in [-0.39, 0.29) is 11.5 Å². The van der Waals surface area contributed by atoms with Crippen molar-refractivity contribution >= 4 is 5.96 Å². The van der Waals surface area contributed by atoms with Gasteiger partial charge in [-0.1, -0.05) is 19.8 Å². The molecule has 0 radical (unpaired) electrons. The molecular weight excluding hydrogens is 288 g/mol. The normalized spacial score (nSPS) is 33.5. The Kier molecular flexibility index (Phi) is 7.15. The second kappa shape index (κ2) is 8.88. The molecule has 0 aromatic carbocycles. The number of nitrogens with zero attached hydrogens (tertiary/aromatic N) is 2. The lowest BCUT2D eigenvalue weighted by atomic mass is 9.73. The maximum Gasteiger partial charge on any atom is 0.191 e. The SMILES string of the molecule is CCNC(=NCC1(C)CCCCC1O)NCC1CCCN(C)C1. The van der Waals surface area contributed by atoms with E-state index in [9.17, 15) is 5.11 Å². The second-order valence-electron chi connectivity index (χ2n) is 7.76. The van der Waals surface area contributed by atoms with Crippen LogP contribution in [0.15, 0.2) is 4.99 Å². The third kappa shape index (κ3) is 5.64. The number of likely N-dealkylation sites (tertiary alicyclic amines) is 1. The van der Waals surface area contributed by atoms with E-state index >= 15 is 0 Å². The van der Waals surface area contributed by atoms with Crippen LogP contribution in [0.5, 0.6) is 0 Å². The topological polar surface area (TPSA) is 59.9 Å². The summed E-state index contributed by atoms with van der Waals surface area (Å²) in [5.74, 6) is 1.60. The average Bonchev–Trinajstić information content (AvgIpc) is 2.53. The van der Waals surface area contributed by atoms with Crippen LogP contribution >= 0.6 is 0 Å². The molecular formula is C18H36N4O. The molecule has 1 aliphatic heterocycles. The number of hydrogen-bond donors (Lipinski definition) is 3. The lowest BCUT2D eigenvalue weighted by Gasteiger charge is -2.37. The number of piperidine rings is 1. The van der Waals surface area contributed by atoms with Crippen LogP contribution in [0.25, 0.3) is 0 Å². The maximum atomic E-state index is 10.3. The first kappa shape index (κ1) is 18.5. The molecule has 5 nitrogen and oxygen atoms in total. The third-order valence-electron chi connectivity index (χ3n) is 5.50. The Hall–Kier alpha value is -0.810. The summed E-state index contributed by atoms with van der Waals surface area (Å²) in [6.45, 7) is 9.23. The fourth-order valence-corrected chi connectivity index (χ4v) is 3.85. The van der Waals surface area contributed by atoms with E-state index in [0.717, 1.165) is 38.3 Å². The molecule has 3 N–H and O–H groups in total. The first-order valence-electron chi connectivity index (χ1n) is 9.42. The van der Waals surface area contributed by atoms with Crippen LogP contribution < -0.4 is 10.6 Å². The van der Waals surface area contributed by atoms with Crippen LogP contribution in [0.3, 0.4) is 0 Å². The van der Waals surface area contributed by atoms with Gasteiger partial charge in [0.15, 0.2) is 5.96 Å². The highest BCUT2D eigenvalue weighted by molar-refractivity contribution is 5.79. The minimum Gasteiger partial charge on any atom is -0.392 e. The van der Waals surface area contributed by atoms with Gasteiger partial charge in [0.2, 0.25) is 0 Å². The van der Waals surface area contributed by atoms with Gasteiger partial charge in [-0.3, -0.25) is 4.99 Å². The van der Waals surface area contributed by atoms with Crippen LogP contribution in [-0.2, 0) is 0 Å². The molecule has 0 aromatic rings. The third-order valence-corrected chi connectivity index (χ3v) is 5.50. The summed E-state index contributed by atoms with van der Waals surface area (Å²) in [6.07, 6.45) is 6.73. The number of hydrogen-bond acceptors (Lipinski definition) is 3. The number of guanidine groups is 1. The van der Waals surface area contributed by atoms with Crippen LogP contribution in [0.4, 0.5) is 0 Å². The quantitative estimate of drug-likeness (QED) is 0.533. The molecule has 5 heteroatoms. The zero-order valence-corrected chi connectivity index (χ0v) is 15.3. The summed E-state index contributed by atoms with van der Waals surface area (Å²) >= 11 is 0. The molecule has 0 bridgehead atoms. The van der Waals surface area contributed by atoms with Gasteiger partial charge >= 0.3 is 0 Å². The van der Waals surface area contributed by atoms with Gasteiger partial charge in [0, 0.05) is 25.0 Å². The van der Waals surface area contributed by atoms with E-state index in [1.54, 1.807) is 0 Å². The van der Waals surface area contributed by atoms with Crippen molar-refractivity contribution in [1.29, 1.82) is 0 Å². The molecule has 0 amide bonds.